The molecule has 7 heteroatoms. The van der Waals surface area contributed by atoms with Crippen LogP contribution in [0.3, 0.4) is 0 Å². The molecule has 6 nitrogen and oxygen atoms in total. The number of nitrogens with zero attached hydrogens (tertiary/aromatic N) is 4. The van der Waals surface area contributed by atoms with Gasteiger partial charge in [0, 0.05) is 38.4 Å². The highest BCUT2D eigenvalue weighted by atomic mass is 35.5. The van der Waals surface area contributed by atoms with Crippen molar-refractivity contribution in [3.63, 3.8) is 0 Å². The number of benzene rings is 2. The average molecular weight is 385 g/mol. The Hall–Kier alpha value is -2.99. The molecule has 0 fully saturated rings. The molecule has 2 aromatic carbocycles. The first-order valence-electron chi connectivity index (χ1n) is 8.42. The molecule has 3 aromatic rings. The molecular formula is C20H21ClN4O2. The van der Waals surface area contributed by atoms with Crippen molar-refractivity contribution in [1.29, 1.82) is 0 Å². The van der Waals surface area contributed by atoms with Crippen LogP contribution in [-0.4, -0.2) is 46.8 Å². The van der Waals surface area contributed by atoms with Gasteiger partial charge in [-0.3, -0.25) is 4.79 Å². The zero-order valence-corrected chi connectivity index (χ0v) is 16.2. The molecule has 27 heavy (non-hydrogen) atoms. The van der Waals surface area contributed by atoms with Gasteiger partial charge < -0.3 is 14.9 Å². The number of anilines is 1. The molecule has 1 amide bonds. The summed E-state index contributed by atoms with van der Waals surface area (Å²) in [6, 6.07) is 14.8. The number of hydrogen-bond donors (Lipinski definition) is 1. The Bertz CT molecular complexity index is 951. The van der Waals surface area contributed by atoms with Crippen LogP contribution in [0, 0.1) is 0 Å². The molecule has 0 spiro atoms. The van der Waals surface area contributed by atoms with Crippen LogP contribution in [0.25, 0.3) is 5.69 Å². The number of carbonyl (C=O) groups excluding carboxylic acids is 1. The predicted octanol–water partition coefficient (Wildman–Crippen LogP) is 3.57. The summed E-state index contributed by atoms with van der Waals surface area (Å²) >= 11 is 5.90. The largest absolute Gasteiger partial charge is 0.504 e. The highest BCUT2D eigenvalue weighted by Gasteiger charge is 2.21. The van der Waals surface area contributed by atoms with Crippen LogP contribution in [0.1, 0.15) is 16.1 Å². The fraction of sp³-hybridized carbons (Fsp3) is 0.200. The first-order valence-corrected chi connectivity index (χ1v) is 8.80. The van der Waals surface area contributed by atoms with Crippen molar-refractivity contribution in [1.82, 2.24) is 14.7 Å². The third kappa shape index (κ3) is 4.06. The number of halogens is 1. The fourth-order valence-electron chi connectivity index (χ4n) is 2.83. The summed E-state index contributed by atoms with van der Waals surface area (Å²) in [4.78, 5) is 16.3. The van der Waals surface area contributed by atoms with E-state index in [1.54, 1.807) is 31.3 Å². The molecule has 0 saturated carbocycles. The summed E-state index contributed by atoms with van der Waals surface area (Å²) in [6.45, 7) is 0.403. The maximum atomic E-state index is 12.8. The van der Waals surface area contributed by atoms with E-state index >= 15 is 0 Å². The number of hydrogen-bond acceptors (Lipinski definition) is 4. The highest BCUT2D eigenvalue weighted by molar-refractivity contribution is 6.30. The van der Waals surface area contributed by atoms with Crippen molar-refractivity contribution in [2.75, 3.05) is 26.0 Å². The van der Waals surface area contributed by atoms with Crippen LogP contribution in [0.15, 0.2) is 54.7 Å². The molecule has 1 heterocycles. The molecule has 1 aromatic heterocycles. The summed E-state index contributed by atoms with van der Waals surface area (Å²) in [7, 11) is 5.61. The van der Waals surface area contributed by atoms with Gasteiger partial charge in [0.25, 0.3) is 5.91 Å². The molecule has 3 rings (SSSR count). The lowest BCUT2D eigenvalue weighted by Crippen LogP contribution is -2.27. The van der Waals surface area contributed by atoms with Crippen molar-refractivity contribution in [3.05, 3.63) is 71.0 Å². The van der Waals surface area contributed by atoms with Crippen LogP contribution in [-0.2, 0) is 6.54 Å². The van der Waals surface area contributed by atoms with Crippen molar-refractivity contribution in [3.8, 4) is 11.4 Å². The lowest BCUT2D eigenvalue weighted by molar-refractivity contribution is 0.0776. The standard InChI is InChI=1S/C20H21ClN4O2/c1-23(2)17-7-5-4-6-14(17)12-24(3)20(27)19-18(26)13-25(22-19)16-10-8-15(21)9-11-16/h4-11,13,26H,12H2,1-3H3. The predicted molar refractivity (Wildman–Crippen MR) is 107 cm³/mol. The smallest absolute Gasteiger partial charge is 0.278 e. The number of rotatable bonds is 5. The minimum absolute atomic E-state index is 0.00906. The van der Waals surface area contributed by atoms with Gasteiger partial charge in [-0.1, -0.05) is 29.8 Å². The number of amides is 1. The molecule has 0 radical (unpaired) electrons. The normalized spacial score (nSPS) is 10.7. The van der Waals surface area contributed by atoms with Gasteiger partial charge in [-0.05, 0) is 35.9 Å². The zero-order chi connectivity index (χ0) is 19.6. The van der Waals surface area contributed by atoms with E-state index in [-0.39, 0.29) is 17.4 Å². The monoisotopic (exact) mass is 384 g/mol. The molecule has 0 aliphatic rings. The molecule has 0 atom stereocenters. The molecule has 0 aliphatic heterocycles. The molecule has 1 N–H and O–H groups in total. The Labute approximate surface area is 163 Å². The van der Waals surface area contributed by atoms with Gasteiger partial charge in [-0.15, -0.1) is 0 Å². The number of carbonyl (C=O) groups is 1. The topological polar surface area (TPSA) is 61.6 Å². The van der Waals surface area contributed by atoms with Crippen LogP contribution < -0.4 is 4.90 Å². The third-order valence-electron chi connectivity index (χ3n) is 4.22. The average Bonchev–Trinajstić information content (AvgIpc) is 3.03. The quantitative estimate of drug-likeness (QED) is 0.730. The fourth-order valence-corrected chi connectivity index (χ4v) is 2.96. The number of aromatic nitrogens is 2. The second kappa shape index (κ2) is 7.72. The summed E-state index contributed by atoms with van der Waals surface area (Å²) in [6.07, 6.45) is 1.41. The summed E-state index contributed by atoms with van der Waals surface area (Å²) in [5.74, 6) is -0.517. The van der Waals surface area contributed by atoms with E-state index in [1.165, 1.54) is 15.8 Å². The summed E-state index contributed by atoms with van der Waals surface area (Å²) < 4.78 is 1.46. The van der Waals surface area contributed by atoms with Gasteiger partial charge in [-0.2, -0.15) is 5.10 Å². The van der Waals surface area contributed by atoms with E-state index < -0.39 is 0 Å². The third-order valence-corrected chi connectivity index (χ3v) is 4.47. The molecular weight excluding hydrogens is 364 g/mol. The Balaban J connectivity index is 1.83. The van der Waals surface area contributed by atoms with Crippen LogP contribution in [0.5, 0.6) is 5.75 Å². The molecule has 0 unspecified atom stereocenters. The Kier molecular flexibility index (Phi) is 5.37. The Morgan fingerprint density at radius 1 is 1.11 bits per heavy atom. The van der Waals surface area contributed by atoms with Gasteiger partial charge in [0.2, 0.25) is 0 Å². The number of aromatic hydroxyl groups is 1. The molecule has 140 valence electrons. The summed E-state index contributed by atoms with van der Waals surface area (Å²) in [5, 5.41) is 15.1. The lowest BCUT2D eigenvalue weighted by Gasteiger charge is -2.21. The van der Waals surface area contributed by atoms with E-state index in [1.807, 2.05) is 43.3 Å². The maximum Gasteiger partial charge on any atom is 0.278 e. The second-order valence-electron chi connectivity index (χ2n) is 6.47. The van der Waals surface area contributed by atoms with Gasteiger partial charge in [0.05, 0.1) is 11.9 Å². The van der Waals surface area contributed by atoms with E-state index in [0.717, 1.165) is 11.3 Å². The van der Waals surface area contributed by atoms with Gasteiger partial charge in [0.1, 0.15) is 0 Å². The second-order valence-corrected chi connectivity index (χ2v) is 6.90. The van der Waals surface area contributed by atoms with Crippen molar-refractivity contribution in [2.24, 2.45) is 0 Å². The van der Waals surface area contributed by atoms with E-state index in [2.05, 4.69) is 5.10 Å². The van der Waals surface area contributed by atoms with Crippen molar-refractivity contribution >= 4 is 23.2 Å². The van der Waals surface area contributed by atoms with Crippen LogP contribution in [0.4, 0.5) is 5.69 Å². The minimum Gasteiger partial charge on any atom is -0.504 e. The maximum absolute atomic E-state index is 12.8. The summed E-state index contributed by atoms with van der Waals surface area (Å²) in [5.41, 5.74) is 2.76. The SMILES string of the molecule is CN(Cc1ccccc1N(C)C)C(=O)c1nn(-c2ccc(Cl)cc2)cc1O. The van der Waals surface area contributed by atoms with Gasteiger partial charge >= 0.3 is 0 Å². The highest BCUT2D eigenvalue weighted by Crippen LogP contribution is 2.23. The molecule has 0 saturated heterocycles. The van der Waals surface area contributed by atoms with E-state index in [0.29, 0.717) is 17.3 Å². The van der Waals surface area contributed by atoms with E-state index in [9.17, 15) is 9.90 Å². The minimum atomic E-state index is -0.353. The zero-order valence-electron chi connectivity index (χ0n) is 15.4. The van der Waals surface area contributed by atoms with Crippen LogP contribution in [0.2, 0.25) is 5.02 Å². The molecule has 0 bridgehead atoms. The molecule has 0 aliphatic carbocycles. The lowest BCUT2D eigenvalue weighted by atomic mass is 10.1. The first kappa shape index (κ1) is 18.8. The van der Waals surface area contributed by atoms with Crippen molar-refractivity contribution < 1.29 is 9.90 Å². The van der Waals surface area contributed by atoms with Gasteiger partial charge in [0.15, 0.2) is 11.4 Å². The first-order chi connectivity index (χ1) is 12.9. The Morgan fingerprint density at radius 2 is 1.78 bits per heavy atom. The van der Waals surface area contributed by atoms with Crippen molar-refractivity contribution in [2.45, 2.75) is 6.54 Å². The van der Waals surface area contributed by atoms with Crippen LogP contribution >= 0.6 is 11.6 Å². The Morgan fingerprint density at radius 3 is 2.44 bits per heavy atom. The van der Waals surface area contributed by atoms with Gasteiger partial charge in [-0.25, -0.2) is 4.68 Å². The van der Waals surface area contributed by atoms with E-state index in [4.69, 9.17) is 11.6 Å². The number of para-hydroxylation sites is 1.